The highest BCUT2D eigenvalue weighted by atomic mass is 16.6. The molecule has 0 saturated heterocycles. The molecule has 0 unspecified atom stereocenters. The van der Waals surface area contributed by atoms with Crippen molar-refractivity contribution in [1.82, 2.24) is 0 Å². The van der Waals surface area contributed by atoms with Crippen LogP contribution in [-0.4, -0.2) is 25.0 Å². The van der Waals surface area contributed by atoms with Gasteiger partial charge < -0.3 is 20.1 Å². The van der Waals surface area contributed by atoms with Crippen molar-refractivity contribution in [2.24, 2.45) is 0 Å². The second-order valence-electron chi connectivity index (χ2n) is 7.37. The summed E-state index contributed by atoms with van der Waals surface area (Å²) in [6, 6.07) is 25.5. The van der Waals surface area contributed by atoms with Crippen LogP contribution in [0.2, 0.25) is 0 Å². The summed E-state index contributed by atoms with van der Waals surface area (Å²) >= 11 is 0. The lowest BCUT2D eigenvalue weighted by Crippen LogP contribution is -2.17. The van der Waals surface area contributed by atoms with E-state index in [1.165, 1.54) is 0 Å². The summed E-state index contributed by atoms with van der Waals surface area (Å²) in [5, 5.41) is 7.84. The molecule has 2 amide bonds. The molecule has 1 aliphatic rings. The third kappa shape index (κ3) is 3.98. The van der Waals surface area contributed by atoms with Crippen LogP contribution < -0.4 is 20.1 Å². The van der Waals surface area contributed by atoms with Crippen LogP contribution in [0.4, 0.5) is 11.4 Å². The number of hydrogen-bond donors (Lipinski definition) is 2. The molecule has 0 radical (unpaired) electrons. The maximum atomic E-state index is 12.7. The van der Waals surface area contributed by atoms with E-state index >= 15 is 0 Å². The minimum absolute atomic E-state index is 0.217. The van der Waals surface area contributed by atoms with Crippen molar-refractivity contribution in [2.75, 3.05) is 23.8 Å². The van der Waals surface area contributed by atoms with E-state index in [1.54, 1.807) is 42.5 Å². The van der Waals surface area contributed by atoms with Gasteiger partial charge in [-0.2, -0.15) is 0 Å². The van der Waals surface area contributed by atoms with Crippen molar-refractivity contribution in [3.8, 4) is 11.5 Å². The number of rotatable bonds is 4. The van der Waals surface area contributed by atoms with Gasteiger partial charge in [0.15, 0.2) is 11.5 Å². The van der Waals surface area contributed by atoms with E-state index in [0.717, 1.165) is 16.5 Å². The van der Waals surface area contributed by atoms with Gasteiger partial charge in [-0.15, -0.1) is 0 Å². The minimum atomic E-state index is -0.269. The Morgan fingerprint density at radius 3 is 2.19 bits per heavy atom. The molecule has 0 atom stereocenters. The van der Waals surface area contributed by atoms with Gasteiger partial charge in [0, 0.05) is 27.9 Å². The smallest absolute Gasteiger partial charge is 0.255 e. The van der Waals surface area contributed by atoms with E-state index in [-0.39, 0.29) is 11.8 Å². The van der Waals surface area contributed by atoms with Crippen molar-refractivity contribution in [3.63, 3.8) is 0 Å². The van der Waals surface area contributed by atoms with E-state index in [4.69, 9.17) is 9.47 Å². The number of carbonyl (C=O) groups excluding carboxylic acids is 2. The van der Waals surface area contributed by atoms with Crippen LogP contribution in [0, 0.1) is 0 Å². The summed E-state index contributed by atoms with van der Waals surface area (Å²) < 4.78 is 11.0. The molecule has 0 fully saturated rings. The number of ether oxygens (including phenoxy) is 2. The molecule has 0 aliphatic carbocycles. The SMILES string of the molecule is O=C(Nc1ccc(C(=O)Nc2cccc3ccccc23)cc1)c1ccc2c(c1)OCCO2. The van der Waals surface area contributed by atoms with Crippen LogP contribution in [-0.2, 0) is 0 Å². The Kier molecular flexibility index (Phi) is 5.17. The summed E-state index contributed by atoms with van der Waals surface area (Å²) in [5.74, 6) is 0.708. The zero-order chi connectivity index (χ0) is 21.9. The quantitative estimate of drug-likeness (QED) is 0.477. The van der Waals surface area contributed by atoms with E-state index in [0.29, 0.717) is 41.5 Å². The third-order valence-electron chi connectivity index (χ3n) is 5.25. The molecule has 2 N–H and O–H groups in total. The largest absolute Gasteiger partial charge is 0.486 e. The average molecular weight is 424 g/mol. The molecule has 1 heterocycles. The van der Waals surface area contributed by atoms with Crippen LogP contribution in [0.3, 0.4) is 0 Å². The molecule has 0 saturated carbocycles. The number of carbonyl (C=O) groups is 2. The first-order chi connectivity index (χ1) is 15.7. The Balaban J connectivity index is 1.27. The van der Waals surface area contributed by atoms with Crippen molar-refractivity contribution >= 4 is 34.0 Å². The van der Waals surface area contributed by atoms with E-state index < -0.39 is 0 Å². The van der Waals surface area contributed by atoms with Gasteiger partial charge in [0.1, 0.15) is 13.2 Å². The molecular formula is C26H20N2O4. The van der Waals surface area contributed by atoms with Gasteiger partial charge in [0.2, 0.25) is 0 Å². The van der Waals surface area contributed by atoms with Crippen LogP contribution in [0.25, 0.3) is 10.8 Å². The first-order valence-corrected chi connectivity index (χ1v) is 10.3. The molecular weight excluding hydrogens is 404 g/mol. The number of nitrogens with one attached hydrogen (secondary N) is 2. The molecule has 0 bridgehead atoms. The Bertz CT molecular complexity index is 1310. The predicted octanol–water partition coefficient (Wildman–Crippen LogP) is 5.12. The van der Waals surface area contributed by atoms with Crippen molar-refractivity contribution in [2.45, 2.75) is 0 Å². The monoisotopic (exact) mass is 424 g/mol. The van der Waals surface area contributed by atoms with Gasteiger partial charge in [-0.3, -0.25) is 9.59 Å². The summed E-state index contributed by atoms with van der Waals surface area (Å²) in [6.07, 6.45) is 0. The molecule has 0 spiro atoms. The van der Waals surface area contributed by atoms with E-state index in [9.17, 15) is 9.59 Å². The van der Waals surface area contributed by atoms with Crippen LogP contribution >= 0.6 is 0 Å². The lowest BCUT2D eigenvalue weighted by atomic mass is 10.1. The number of anilines is 2. The Hall–Kier alpha value is -4.32. The summed E-state index contributed by atoms with van der Waals surface area (Å²) in [7, 11) is 0. The molecule has 1 aliphatic heterocycles. The number of amides is 2. The first-order valence-electron chi connectivity index (χ1n) is 10.3. The van der Waals surface area contributed by atoms with Gasteiger partial charge in [0.25, 0.3) is 11.8 Å². The van der Waals surface area contributed by atoms with Gasteiger partial charge in [-0.1, -0.05) is 36.4 Å². The second kappa shape index (κ2) is 8.43. The topological polar surface area (TPSA) is 76.7 Å². The molecule has 158 valence electrons. The summed E-state index contributed by atoms with van der Waals surface area (Å²) in [6.45, 7) is 0.958. The van der Waals surface area contributed by atoms with Crippen LogP contribution in [0.15, 0.2) is 84.9 Å². The maximum Gasteiger partial charge on any atom is 0.255 e. The third-order valence-corrected chi connectivity index (χ3v) is 5.25. The highest BCUT2D eigenvalue weighted by Crippen LogP contribution is 2.31. The lowest BCUT2D eigenvalue weighted by molar-refractivity contribution is 0.101. The number of fused-ring (bicyclic) bond motifs is 2. The molecule has 4 aromatic carbocycles. The minimum Gasteiger partial charge on any atom is -0.486 e. The predicted molar refractivity (Wildman–Crippen MR) is 124 cm³/mol. The zero-order valence-corrected chi connectivity index (χ0v) is 17.1. The zero-order valence-electron chi connectivity index (χ0n) is 17.1. The highest BCUT2D eigenvalue weighted by Gasteiger charge is 2.15. The van der Waals surface area contributed by atoms with Crippen molar-refractivity contribution in [1.29, 1.82) is 0 Å². The summed E-state index contributed by atoms with van der Waals surface area (Å²) in [4.78, 5) is 25.3. The maximum absolute atomic E-state index is 12.7. The fourth-order valence-corrected chi connectivity index (χ4v) is 3.62. The van der Waals surface area contributed by atoms with Gasteiger partial charge >= 0.3 is 0 Å². The fraction of sp³-hybridized carbons (Fsp3) is 0.0769. The second-order valence-corrected chi connectivity index (χ2v) is 7.37. The highest BCUT2D eigenvalue weighted by molar-refractivity contribution is 6.09. The van der Waals surface area contributed by atoms with Gasteiger partial charge in [-0.05, 0) is 53.9 Å². The van der Waals surface area contributed by atoms with Crippen LogP contribution in [0.1, 0.15) is 20.7 Å². The lowest BCUT2D eigenvalue weighted by Gasteiger charge is -2.18. The molecule has 6 nitrogen and oxygen atoms in total. The standard InChI is InChI=1S/C26H20N2O4/c29-25(28-22-7-3-5-17-4-1-2-6-21(17)22)18-8-11-20(12-9-18)27-26(30)19-10-13-23-24(16-19)32-15-14-31-23/h1-13,16H,14-15H2,(H,27,30)(H,28,29). The van der Waals surface area contributed by atoms with Crippen LogP contribution in [0.5, 0.6) is 11.5 Å². The summed E-state index contributed by atoms with van der Waals surface area (Å²) in [5.41, 5.74) is 2.30. The molecule has 4 aromatic rings. The Labute approximate surface area is 184 Å². The van der Waals surface area contributed by atoms with Gasteiger partial charge in [0.05, 0.1) is 0 Å². The normalized spacial score (nSPS) is 12.2. The van der Waals surface area contributed by atoms with Gasteiger partial charge in [-0.25, -0.2) is 0 Å². The Morgan fingerprint density at radius 2 is 1.34 bits per heavy atom. The number of hydrogen-bond acceptors (Lipinski definition) is 4. The fourth-order valence-electron chi connectivity index (χ4n) is 3.62. The van der Waals surface area contributed by atoms with E-state index in [2.05, 4.69) is 10.6 Å². The molecule has 6 heteroatoms. The van der Waals surface area contributed by atoms with E-state index in [1.807, 2.05) is 42.5 Å². The Morgan fingerprint density at radius 1 is 0.656 bits per heavy atom. The molecule has 32 heavy (non-hydrogen) atoms. The number of benzene rings is 4. The molecule has 5 rings (SSSR count). The van der Waals surface area contributed by atoms with Crippen molar-refractivity contribution in [3.05, 3.63) is 96.1 Å². The average Bonchev–Trinajstić information content (AvgIpc) is 2.84. The van der Waals surface area contributed by atoms with Crippen molar-refractivity contribution < 1.29 is 19.1 Å². The first kappa shape index (κ1) is 19.6. The molecule has 0 aromatic heterocycles.